The van der Waals surface area contributed by atoms with Crippen LogP contribution in [0.4, 0.5) is 0 Å². The molecule has 112 valence electrons. The Labute approximate surface area is 118 Å². The quantitative estimate of drug-likeness (QED) is 0.720. The van der Waals surface area contributed by atoms with Crippen molar-refractivity contribution in [2.75, 3.05) is 18.6 Å². The number of hydrogen-bond acceptors (Lipinski definition) is 6. The van der Waals surface area contributed by atoms with Crippen molar-refractivity contribution in [3.63, 3.8) is 0 Å². The summed E-state index contributed by atoms with van der Waals surface area (Å²) in [5.41, 5.74) is 0. The zero-order chi connectivity index (χ0) is 15.4. The van der Waals surface area contributed by atoms with Crippen molar-refractivity contribution in [2.24, 2.45) is 0 Å². The number of esters is 1. The Bertz CT molecular complexity index is 671. The maximum absolute atomic E-state index is 11.9. The van der Waals surface area contributed by atoms with Gasteiger partial charge in [-0.05, 0) is 31.2 Å². The van der Waals surface area contributed by atoms with Crippen molar-refractivity contribution >= 4 is 25.6 Å². The molecule has 0 atom stereocenters. The predicted octanol–water partition coefficient (Wildman–Crippen LogP) is 0.817. The first-order valence-electron chi connectivity index (χ1n) is 5.85. The molecular formula is C12H16O6S2. The molecule has 0 heterocycles. The highest BCUT2D eigenvalue weighted by atomic mass is 32.2. The maximum atomic E-state index is 11.9. The molecule has 6 nitrogen and oxygen atoms in total. The van der Waals surface area contributed by atoms with E-state index in [4.69, 9.17) is 0 Å². The van der Waals surface area contributed by atoms with Gasteiger partial charge in [-0.25, -0.2) is 16.8 Å². The van der Waals surface area contributed by atoms with E-state index in [2.05, 4.69) is 4.74 Å². The SMILES string of the molecule is CCOC(=O)CCS(=O)(=O)c1ccc(S(C)(=O)=O)cc1. The Hall–Kier alpha value is -1.41. The summed E-state index contributed by atoms with van der Waals surface area (Å²) in [6.45, 7) is 1.83. The van der Waals surface area contributed by atoms with Crippen LogP contribution in [0.5, 0.6) is 0 Å². The smallest absolute Gasteiger partial charge is 0.306 e. The van der Waals surface area contributed by atoms with Gasteiger partial charge in [0.15, 0.2) is 19.7 Å². The van der Waals surface area contributed by atoms with E-state index < -0.39 is 25.6 Å². The van der Waals surface area contributed by atoms with Gasteiger partial charge in [0.25, 0.3) is 0 Å². The molecule has 0 spiro atoms. The molecule has 0 aliphatic rings. The second-order valence-corrected chi connectivity index (χ2v) is 8.24. The molecule has 0 saturated carbocycles. The molecule has 8 heteroatoms. The minimum Gasteiger partial charge on any atom is -0.466 e. The molecule has 0 saturated heterocycles. The fraction of sp³-hybridized carbons (Fsp3) is 0.417. The van der Waals surface area contributed by atoms with E-state index in [1.54, 1.807) is 6.92 Å². The molecule has 0 aliphatic carbocycles. The van der Waals surface area contributed by atoms with E-state index in [0.717, 1.165) is 6.26 Å². The van der Waals surface area contributed by atoms with Crippen LogP contribution in [0.25, 0.3) is 0 Å². The average Bonchev–Trinajstić information content (AvgIpc) is 2.36. The van der Waals surface area contributed by atoms with Gasteiger partial charge in [-0.15, -0.1) is 0 Å². The second kappa shape index (κ2) is 6.36. The van der Waals surface area contributed by atoms with Gasteiger partial charge in [0.05, 0.1) is 28.6 Å². The summed E-state index contributed by atoms with van der Waals surface area (Å²) in [5, 5.41) is 0. The van der Waals surface area contributed by atoms with Crippen molar-refractivity contribution in [3.05, 3.63) is 24.3 Å². The Morgan fingerprint density at radius 3 is 2.00 bits per heavy atom. The number of carbonyl (C=O) groups is 1. The lowest BCUT2D eigenvalue weighted by atomic mass is 10.4. The van der Waals surface area contributed by atoms with E-state index in [9.17, 15) is 21.6 Å². The summed E-state index contributed by atoms with van der Waals surface area (Å²) in [5.74, 6) is -0.951. The summed E-state index contributed by atoms with van der Waals surface area (Å²) in [6, 6.07) is 4.90. The van der Waals surface area contributed by atoms with Gasteiger partial charge in [-0.3, -0.25) is 4.79 Å². The standard InChI is InChI=1S/C12H16O6S2/c1-3-18-12(13)8-9-20(16,17)11-6-4-10(5-7-11)19(2,14)15/h4-7H,3,8-9H2,1-2H3. The number of sulfone groups is 2. The first kappa shape index (κ1) is 16.6. The first-order chi connectivity index (χ1) is 9.16. The van der Waals surface area contributed by atoms with E-state index in [1.165, 1.54) is 24.3 Å². The van der Waals surface area contributed by atoms with Crippen LogP contribution in [0.2, 0.25) is 0 Å². The van der Waals surface area contributed by atoms with Crippen LogP contribution in [0, 0.1) is 0 Å². The molecule has 1 aromatic rings. The van der Waals surface area contributed by atoms with Gasteiger partial charge in [0.2, 0.25) is 0 Å². The Morgan fingerprint density at radius 2 is 1.55 bits per heavy atom. The third-order valence-electron chi connectivity index (χ3n) is 2.49. The Morgan fingerprint density at radius 1 is 1.05 bits per heavy atom. The van der Waals surface area contributed by atoms with Crippen LogP contribution in [0.1, 0.15) is 13.3 Å². The molecule has 0 aliphatic heterocycles. The Kier molecular flexibility index (Phi) is 5.29. The largest absolute Gasteiger partial charge is 0.466 e. The number of carbonyl (C=O) groups excluding carboxylic acids is 1. The van der Waals surface area contributed by atoms with Crippen LogP contribution in [0.3, 0.4) is 0 Å². The molecule has 0 N–H and O–H groups in total. The lowest BCUT2D eigenvalue weighted by Crippen LogP contribution is -2.13. The number of hydrogen-bond donors (Lipinski definition) is 0. The third-order valence-corrected chi connectivity index (χ3v) is 5.35. The van der Waals surface area contributed by atoms with E-state index >= 15 is 0 Å². The van der Waals surface area contributed by atoms with Crippen molar-refractivity contribution in [1.82, 2.24) is 0 Å². The van der Waals surface area contributed by atoms with Crippen molar-refractivity contribution in [3.8, 4) is 0 Å². The molecule has 0 bridgehead atoms. The fourth-order valence-corrected chi connectivity index (χ4v) is 3.32. The summed E-state index contributed by atoms with van der Waals surface area (Å²) < 4.78 is 51.1. The molecule has 1 aromatic carbocycles. The van der Waals surface area contributed by atoms with Crippen molar-refractivity contribution in [1.29, 1.82) is 0 Å². The molecule has 0 radical (unpaired) electrons. The lowest BCUT2D eigenvalue weighted by Gasteiger charge is -2.05. The van der Waals surface area contributed by atoms with Gasteiger partial charge in [-0.2, -0.15) is 0 Å². The normalized spacial score (nSPS) is 12.1. The van der Waals surface area contributed by atoms with E-state index in [0.29, 0.717) is 0 Å². The average molecular weight is 320 g/mol. The van der Waals surface area contributed by atoms with Gasteiger partial charge in [0.1, 0.15) is 0 Å². The van der Waals surface area contributed by atoms with Gasteiger partial charge in [-0.1, -0.05) is 0 Å². The maximum Gasteiger partial charge on any atom is 0.306 e. The van der Waals surface area contributed by atoms with Gasteiger partial charge in [0, 0.05) is 6.26 Å². The molecular weight excluding hydrogens is 304 g/mol. The van der Waals surface area contributed by atoms with Crippen LogP contribution >= 0.6 is 0 Å². The molecule has 1 rings (SSSR count). The summed E-state index contributed by atoms with van der Waals surface area (Å²) in [6.07, 6.45) is 0.807. The zero-order valence-corrected chi connectivity index (χ0v) is 12.8. The lowest BCUT2D eigenvalue weighted by molar-refractivity contribution is -0.142. The Balaban J connectivity index is 2.86. The molecule has 0 amide bonds. The topological polar surface area (TPSA) is 94.6 Å². The zero-order valence-electron chi connectivity index (χ0n) is 11.2. The van der Waals surface area contributed by atoms with Crippen LogP contribution in [0.15, 0.2) is 34.1 Å². The highest BCUT2D eigenvalue weighted by Crippen LogP contribution is 2.16. The van der Waals surface area contributed by atoms with Crippen molar-refractivity contribution < 1.29 is 26.4 Å². The molecule has 0 aromatic heterocycles. The van der Waals surface area contributed by atoms with Gasteiger partial charge < -0.3 is 4.74 Å². The van der Waals surface area contributed by atoms with Crippen LogP contribution < -0.4 is 0 Å². The van der Waals surface area contributed by atoms with Crippen molar-refractivity contribution in [2.45, 2.75) is 23.1 Å². The van der Waals surface area contributed by atoms with E-state index in [1.807, 2.05) is 0 Å². The summed E-state index contributed by atoms with van der Waals surface area (Å²) in [4.78, 5) is 11.2. The number of benzene rings is 1. The number of ether oxygens (including phenoxy) is 1. The van der Waals surface area contributed by atoms with Crippen LogP contribution in [-0.2, 0) is 29.2 Å². The molecule has 20 heavy (non-hydrogen) atoms. The summed E-state index contributed by atoms with van der Waals surface area (Å²) in [7, 11) is -7.00. The van der Waals surface area contributed by atoms with Crippen LogP contribution in [-0.4, -0.2) is 41.4 Å². The number of rotatable bonds is 6. The predicted molar refractivity (Wildman–Crippen MR) is 72.9 cm³/mol. The fourth-order valence-electron chi connectivity index (χ4n) is 1.46. The van der Waals surface area contributed by atoms with Gasteiger partial charge >= 0.3 is 5.97 Å². The van der Waals surface area contributed by atoms with E-state index in [-0.39, 0.29) is 28.6 Å². The highest BCUT2D eigenvalue weighted by Gasteiger charge is 2.18. The third kappa shape index (κ3) is 4.61. The monoisotopic (exact) mass is 320 g/mol. The molecule has 0 unspecified atom stereocenters. The highest BCUT2D eigenvalue weighted by molar-refractivity contribution is 7.91. The summed E-state index contributed by atoms with van der Waals surface area (Å²) >= 11 is 0. The molecule has 0 fully saturated rings. The minimum absolute atomic E-state index is 0.0193. The second-order valence-electron chi connectivity index (χ2n) is 4.12. The minimum atomic E-state index is -3.63. The first-order valence-corrected chi connectivity index (χ1v) is 9.39.